The fourth-order valence-corrected chi connectivity index (χ4v) is 10.8. The van der Waals surface area contributed by atoms with E-state index in [0.29, 0.717) is 22.7 Å². The van der Waals surface area contributed by atoms with Gasteiger partial charge in [-0.3, -0.25) is 24.1 Å². The van der Waals surface area contributed by atoms with Crippen LogP contribution < -0.4 is 19.7 Å². The number of amides is 3. The molecule has 1 aromatic heterocycles. The molecule has 3 fully saturated rings. The zero-order valence-corrected chi connectivity index (χ0v) is 26.4. The number of hydrogen-bond acceptors (Lipinski definition) is 10. The van der Waals surface area contributed by atoms with Gasteiger partial charge in [0.05, 0.1) is 43.3 Å². The number of thiazole rings is 1. The Balaban J connectivity index is 1.14. The van der Waals surface area contributed by atoms with E-state index in [1.165, 1.54) is 11.3 Å². The molecule has 11 nitrogen and oxygen atoms in total. The first kappa shape index (κ1) is 29.6. The number of fused-ring (bicyclic) bond motifs is 9. The van der Waals surface area contributed by atoms with Gasteiger partial charge >= 0.3 is 10.8 Å². The monoisotopic (exact) mass is 649 g/mol. The number of anilines is 1. The standard InChI is InChI=1S/C32H31N3O8S2/c1-4-43-31(39)14-5-8-16(9-6-14)33-21(36)13-35-29(37)24-17-12-18(25(24)30(35)38)26-23(17)22(27-28(44-26)34-32(40)45-27)15-7-10-19(41-2)20(11-15)42-3/h5-11,17-18,22-26H,4,12-13H2,1-3H3,(H,33,36)(H,34,40)/t17?,18?,22-,23?,24?,25?,26?/m1/s1. The van der Waals surface area contributed by atoms with Crippen LogP contribution in [0, 0.1) is 29.6 Å². The predicted molar refractivity (Wildman–Crippen MR) is 166 cm³/mol. The van der Waals surface area contributed by atoms with E-state index in [9.17, 15) is 24.0 Å². The molecule has 2 aliphatic carbocycles. The second kappa shape index (κ2) is 11.4. The number of benzene rings is 2. The Hall–Kier alpha value is -4.10. The molecule has 2 aliphatic heterocycles. The van der Waals surface area contributed by atoms with Crippen LogP contribution in [0.25, 0.3) is 0 Å². The number of carbonyl (C=O) groups excluding carboxylic acids is 4. The number of likely N-dealkylation sites (tertiary alicyclic amines) is 1. The molecule has 2 bridgehead atoms. The zero-order valence-electron chi connectivity index (χ0n) is 24.7. The van der Waals surface area contributed by atoms with Crippen molar-refractivity contribution in [3.05, 3.63) is 68.1 Å². The molecule has 6 unspecified atom stereocenters. The summed E-state index contributed by atoms with van der Waals surface area (Å²) < 4.78 is 16.0. The lowest BCUT2D eigenvalue weighted by molar-refractivity contribution is -0.143. The van der Waals surface area contributed by atoms with Gasteiger partial charge in [-0.25, -0.2) is 4.79 Å². The molecule has 2 N–H and O–H groups in total. The largest absolute Gasteiger partial charge is 0.493 e. The van der Waals surface area contributed by atoms with Crippen molar-refractivity contribution < 1.29 is 33.4 Å². The number of esters is 1. The summed E-state index contributed by atoms with van der Waals surface area (Å²) in [5, 5.41) is 3.57. The smallest absolute Gasteiger partial charge is 0.338 e. The van der Waals surface area contributed by atoms with Crippen LogP contribution in [0.4, 0.5) is 5.69 Å². The van der Waals surface area contributed by atoms with Gasteiger partial charge in [0.25, 0.3) is 0 Å². The SMILES string of the molecule is CCOC(=O)c1ccc(NC(=O)CN2C(=O)C3C4CC(C3C2=O)C2C4Sc3[nH]c(=O)sc3[C@@H]2c2ccc(OC)c(OC)c2)cc1. The summed E-state index contributed by atoms with van der Waals surface area (Å²) in [5.41, 5.74) is 1.76. The first-order chi connectivity index (χ1) is 21.7. The summed E-state index contributed by atoms with van der Waals surface area (Å²) >= 11 is 2.80. The number of hydrogen-bond donors (Lipinski definition) is 2. The van der Waals surface area contributed by atoms with Crippen LogP contribution in [0.3, 0.4) is 0 Å². The molecule has 45 heavy (non-hydrogen) atoms. The number of aromatic amines is 1. The number of nitrogens with zero attached hydrogens (tertiary/aromatic N) is 1. The first-order valence-corrected chi connectivity index (χ1v) is 16.5. The number of H-pyrrole nitrogens is 1. The second-order valence-electron chi connectivity index (χ2n) is 11.7. The quantitative estimate of drug-likeness (QED) is 0.276. The Morgan fingerprint density at radius 1 is 0.978 bits per heavy atom. The topological polar surface area (TPSA) is 144 Å². The minimum atomic E-state index is -0.513. The average molecular weight is 650 g/mol. The van der Waals surface area contributed by atoms with Gasteiger partial charge in [0.1, 0.15) is 6.54 Å². The number of imide groups is 1. The molecule has 3 amide bonds. The number of methoxy groups -OCH3 is 2. The molecule has 2 aromatic carbocycles. The summed E-state index contributed by atoms with van der Waals surface area (Å²) in [5.74, 6) is -1.70. The van der Waals surface area contributed by atoms with Gasteiger partial charge in [-0.15, -0.1) is 11.8 Å². The molecular formula is C32H31N3O8S2. The molecule has 7 rings (SSSR count). The highest BCUT2D eigenvalue weighted by molar-refractivity contribution is 8.00. The summed E-state index contributed by atoms with van der Waals surface area (Å²) in [7, 11) is 3.16. The van der Waals surface area contributed by atoms with Crippen molar-refractivity contribution >= 4 is 52.5 Å². The molecule has 3 aromatic rings. The Kier molecular flexibility index (Phi) is 7.47. The van der Waals surface area contributed by atoms with Crippen LogP contribution in [-0.4, -0.2) is 66.2 Å². The highest BCUT2D eigenvalue weighted by atomic mass is 32.2. The van der Waals surface area contributed by atoms with E-state index in [1.54, 1.807) is 57.2 Å². The van der Waals surface area contributed by atoms with Crippen molar-refractivity contribution in [1.82, 2.24) is 9.88 Å². The predicted octanol–water partition coefficient (Wildman–Crippen LogP) is 3.74. The van der Waals surface area contributed by atoms with Gasteiger partial charge in [-0.2, -0.15) is 0 Å². The maximum atomic E-state index is 13.9. The maximum absolute atomic E-state index is 13.9. The number of aromatic nitrogens is 1. The number of nitrogens with one attached hydrogen (secondary N) is 2. The second-order valence-corrected chi connectivity index (χ2v) is 13.9. The first-order valence-electron chi connectivity index (χ1n) is 14.8. The molecule has 0 radical (unpaired) electrons. The van der Waals surface area contributed by atoms with Crippen LogP contribution >= 0.6 is 23.1 Å². The Bertz CT molecular complexity index is 1770. The van der Waals surface area contributed by atoms with Crippen molar-refractivity contribution in [2.75, 3.05) is 32.7 Å². The third-order valence-corrected chi connectivity index (χ3v) is 12.2. The summed E-state index contributed by atoms with van der Waals surface area (Å²) in [6.07, 6.45) is 0.741. The summed E-state index contributed by atoms with van der Waals surface area (Å²) in [4.78, 5) is 70.0. The van der Waals surface area contributed by atoms with E-state index in [0.717, 1.165) is 26.8 Å². The van der Waals surface area contributed by atoms with E-state index < -0.39 is 23.7 Å². The average Bonchev–Trinajstić information content (AvgIpc) is 3.77. The van der Waals surface area contributed by atoms with E-state index in [1.807, 2.05) is 18.2 Å². The van der Waals surface area contributed by atoms with Crippen LogP contribution in [0.5, 0.6) is 11.5 Å². The van der Waals surface area contributed by atoms with E-state index in [-0.39, 0.29) is 58.8 Å². The minimum absolute atomic E-state index is 0.0155. The van der Waals surface area contributed by atoms with Gasteiger partial charge in [0.2, 0.25) is 17.7 Å². The lowest BCUT2D eigenvalue weighted by Gasteiger charge is -2.43. The molecule has 7 atom stereocenters. The van der Waals surface area contributed by atoms with Crippen molar-refractivity contribution in [3.8, 4) is 11.5 Å². The van der Waals surface area contributed by atoms with Crippen molar-refractivity contribution in [1.29, 1.82) is 0 Å². The van der Waals surface area contributed by atoms with Crippen LogP contribution in [-0.2, 0) is 19.1 Å². The molecule has 0 spiro atoms. The number of ether oxygens (including phenoxy) is 3. The van der Waals surface area contributed by atoms with Gasteiger partial charge in [0.15, 0.2) is 11.5 Å². The highest BCUT2D eigenvalue weighted by Crippen LogP contribution is 2.68. The normalized spacial score (nSPS) is 27.5. The Morgan fingerprint density at radius 3 is 2.38 bits per heavy atom. The van der Waals surface area contributed by atoms with Crippen molar-refractivity contribution in [2.24, 2.45) is 29.6 Å². The zero-order chi connectivity index (χ0) is 31.6. The lowest BCUT2D eigenvalue weighted by atomic mass is 9.68. The highest BCUT2D eigenvalue weighted by Gasteiger charge is 2.69. The molecule has 3 heterocycles. The van der Waals surface area contributed by atoms with Gasteiger partial charge in [0, 0.05) is 21.7 Å². The number of rotatable bonds is 8. The fourth-order valence-electron chi connectivity index (χ4n) is 7.90. The van der Waals surface area contributed by atoms with E-state index >= 15 is 0 Å². The molecule has 13 heteroatoms. The van der Waals surface area contributed by atoms with Gasteiger partial charge < -0.3 is 24.5 Å². The van der Waals surface area contributed by atoms with Gasteiger partial charge in [-0.1, -0.05) is 17.4 Å². The van der Waals surface area contributed by atoms with E-state index in [2.05, 4.69) is 10.3 Å². The summed E-state index contributed by atoms with van der Waals surface area (Å²) in [6, 6.07) is 12.0. The Morgan fingerprint density at radius 2 is 1.69 bits per heavy atom. The Labute approximate surface area is 266 Å². The van der Waals surface area contributed by atoms with Crippen molar-refractivity contribution in [3.63, 3.8) is 0 Å². The molecule has 4 aliphatic rings. The van der Waals surface area contributed by atoms with Crippen LogP contribution in [0.2, 0.25) is 0 Å². The molecule has 1 saturated heterocycles. The molecule has 234 valence electrons. The number of thioether (sulfide) groups is 1. The number of carbonyl (C=O) groups is 4. The molecular weight excluding hydrogens is 618 g/mol. The van der Waals surface area contributed by atoms with Crippen LogP contribution in [0.1, 0.15) is 40.1 Å². The van der Waals surface area contributed by atoms with Crippen LogP contribution in [0.15, 0.2) is 52.3 Å². The van der Waals surface area contributed by atoms with E-state index in [4.69, 9.17) is 14.2 Å². The van der Waals surface area contributed by atoms with Crippen molar-refractivity contribution in [2.45, 2.75) is 29.5 Å². The molecule has 2 saturated carbocycles. The third-order valence-electron chi connectivity index (χ3n) is 9.56. The lowest BCUT2D eigenvalue weighted by Crippen LogP contribution is -2.42. The maximum Gasteiger partial charge on any atom is 0.338 e. The van der Waals surface area contributed by atoms with Gasteiger partial charge in [-0.05, 0) is 73.1 Å². The third kappa shape index (κ3) is 4.75. The minimum Gasteiger partial charge on any atom is -0.493 e. The fraction of sp³-hybridized carbons (Fsp3) is 0.406. The summed E-state index contributed by atoms with van der Waals surface area (Å²) in [6.45, 7) is 1.59.